The zero-order valence-corrected chi connectivity index (χ0v) is 17.4. The van der Waals surface area contributed by atoms with E-state index in [0.717, 1.165) is 22.1 Å². The van der Waals surface area contributed by atoms with Crippen LogP contribution in [0.3, 0.4) is 0 Å². The van der Waals surface area contributed by atoms with Crippen LogP contribution in [0, 0.1) is 11.6 Å². The van der Waals surface area contributed by atoms with E-state index in [1.807, 2.05) is 11.5 Å². The molecule has 10 heteroatoms. The number of aromatic nitrogens is 2. The number of halogens is 3. The van der Waals surface area contributed by atoms with Crippen molar-refractivity contribution in [2.24, 2.45) is 0 Å². The Bertz CT molecular complexity index is 1020. The number of rotatable bonds is 2. The monoisotopic (exact) mass is 446 g/mol. The Hall–Kier alpha value is -1.20. The van der Waals surface area contributed by atoms with Gasteiger partial charge in [-0.05, 0) is 37.0 Å². The van der Waals surface area contributed by atoms with Crippen LogP contribution in [-0.4, -0.2) is 30.0 Å². The fourth-order valence-corrected chi connectivity index (χ4v) is 4.53. The Morgan fingerprint density at radius 1 is 1.26 bits per heavy atom. The molecule has 1 N–H and O–H groups in total. The number of nitrogens with zero attached hydrogens (tertiary/aromatic N) is 2. The van der Waals surface area contributed by atoms with E-state index in [2.05, 4.69) is 4.98 Å². The van der Waals surface area contributed by atoms with Crippen LogP contribution in [0.15, 0.2) is 39.7 Å². The first kappa shape index (κ1) is 20.5. The average Bonchev–Trinajstić information content (AvgIpc) is 2.55. The highest BCUT2D eigenvalue weighted by Gasteiger charge is 2.38. The lowest BCUT2D eigenvalue weighted by molar-refractivity contribution is -0.141. The fourth-order valence-electron chi connectivity index (χ4n) is 2.65. The Balaban J connectivity index is 1.94. The molecule has 1 aliphatic heterocycles. The molecule has 27 heavy (non-hydrogen) atoms. The van der Waals surface area contributed by atoms with Gasteiger partial charge in [0.1, 0.15) is 21.8 Å². The number of allylic oxidation sites excluding steroid dienone is 3. The summed E-state index contributed by atoms with van der Waals surface area (Å²) >= 11 is 17.1. The number of aliphatic hydroxyl groups is 1. The van der Waals surface area contributed by atoms with Gasteiger partial charge in [-0.25, -0.2) is 4.98 Å². The van der Waals surface area contributed by atoms with E-state index in [4.69, 9.17) is 36.7 Å². The van der Waals surface area contributed by atoms with Crippen molar-refractivity contribution >= 4 is 58.1 Å². The Labute approximate surface area is 173 Å². The molecule has 3 rings (SSSR count). The highest BCUT2D eigenvalue weighted by molar-refractivity contribution is 8.06. The zero-order chi connectivity index (χ0) is 20.1. The van der Waals surface area contributed by atoms with E-state index >= 15 is 0 Å². The van der Waals surface area contributed by atoms with E-state index in [9.17, 15) is 18.3 Å². The van der Waals surface area contributed by atoms with Crippen LogP contribution in [0.25, 0.3) is 0 Å². The van der Waals surface area contributed by atoms with Crippen LogP contribution in [0.2, 0.25) is 0 Å². The molecule has 142 valence electrons. The maximum absolute atomic E-state index is 12.9. The van der Waals surface area contributed by atoms with Gasteiger partial charge in [-0.1, -0.05) is 48.4 Å². The normalized spacial score (nSPS) is 22.8. The molecule has 1 aromatic rings. The molecule has 0 radical (unpaired) electrons. The van der Waals surface area contributed by atoms with Crippen molar-refractivity contribution in [1.29, 1.82) is 0 Å². The highest BCUT2D eigenvalue weighted by Crippen LogP contribution is 2.38. The minimum absolute atomic E-state index is 0.0534. The van der Waals surface area contributed by atoms with E-state index < -0.39 is 17.5 Å². The first-order valence-corrected chi connectivity index (χ1v) is 9.78. The molecule has 0 fully saturated rings. The molecule has 0 saturated heterocycles. The minimum Gasteiger partial charge on any atom is -0.379 e. The molecular weight excluding hydrogens is 433 g/mol. The molecule has 1 atom stereocenters. The maximum Gasteiger partial charge on any atom is 0.433 e. The second-order valence-corrected chi connectivity index (χ2v) is 8.50. The number of hydrogen-bond acceptors (Lipinski definition) is 6. The van der Waals surface area contributed by atoms with E-state index in [1.165, 1.54) is 18.7 Å². The average molecular weight is 447 g/mol. The molecule has 2 aliphatic rings. The predicted molar refractivity (Wildman–Crippen MR) is 110 cm³/mol. The lowest BCUT2D eigenvalue weighted by Crippen LogP contribution is -2.44. The van der Waals surface area contributed by atoms with Gasteiger partial charge in [-0.15, -0.1) is 0 Å². The third-order valence-electron chi connectivity index (χ3n) is 4.21. The van der Waals surface area contributed by atoms with Crippen molar-refractivity contribution in [3.8, 4) is 0 Å². The molecule has 0 spiro atoms. The van der Waals surface area contributed by atoms with Gasteiger partial charge in [-0.3, -0.25) is 0 Å². The van der Waals surface area contributed by atoms with E-state index in [-0.39, 0.29) is 17.0 Å². The Morgan fingerprint density at radius 3 is 2.52 bits per heavy atom. The van der Waals surface area contributed by atoms with Crippen molar-refractivity contribution in [1.82, 2.24) is 9.55 Å². The number of thiocarbonyl (C=S) groups is 2. The van der Waals surface area contributed by atoms with Gasteiger partial charge in [0.2, 0.25) is 0 Å². The zero-order valence-electron chi connectivity index (χ0n) is 14.1. The number of thioether (sulfide) groups is 1. The Kier molecular flexibility index (Phi) is 5.32. The molecule has 0 bridgehead atoms. The predicted octanol–water partition coefficient (Wildman–Crippen LogP) is 4.89. The quantitative estimate of drug-likeness (QED) is 0.653. The van der Waals surface area contributed by atoms with Gasteiger partial charge in [0.15, 0.2) is 0 Å². The lowest BCUT2D eigenvalue weighted by Gasteiger charge is -2.32. The van der Waals surface area contributed by atoms with Crippen LogP contribution in [-0.2, 0) is 12.7 Å². The van der Waals surface area contributed by atoms with E-state index in [1.54, 1.807) is 17.6 Å². The van der Waals surface area contributed by atoms with Gasteiger partial charge in [-0.2, -0.15) is 13.2 Å². The van der Waals surface area contributed by atoms with Crippen molar-refractivity contribution < 1.29 is 18.3 Å². The molecule has 1 unspecified atom stereocenters. The summed E-state index contributed by atoms with van der Waals surface area (Å²) in [5.41, 5.74) is -0.846. The summed E-state index contributed by atoms with van der Waals surface area (Å²) < 4.78 is 40.2. The highest BCUT2D eigenvalue weighted by atomic mass is 32.2. The van der Waals surface area contributed by atoms with Gasteiger partial charge in [0, 0.05) is 16.5 Å². The Morgan fingerprint density at radius 2 is 1.93 bits per heavy atom. The maximum atomic E-state index is 12.9. The summed E-state index contributed by atoms with van der Waals surface area (Å²) in [5.74, 6) is 0.178. The number of aryl methyl sites for hydroxylation is 1. The van der Waals surface area contributed by atoms with Crippen LogP contribution < -0.4 is 0 Å². The van der Waals surface area contributed by atoms with Crippen molar-refractivity contribution in [2.45, 2.75) is 32.2 Å². The van der Waals surface area contributed by atoms with Crippen molar-refractivity contribution in [3.63, 3.8) is 0 Å². The largest absolute Gasteiger partial charge is 0.433 e. The summed E-state index contributed by atoms with van der Waals surface area (Å²) in [6.45, 7) is 3.32. The van der Waals surface area contributed by atoms with Crippen molar-refractivity contribution in [2.75, 3.05) is 0 Å². The SMILES string of the molecule is Cc1nc(C(F)(F)F)cc(=S)n1CC1=CC2=CC(=S)C(C)(O)C(=S)C2=CS1. The van der Waals surface area contributed by atoms with E-state index in [0.29, 0.717) is 9.73 Å². The first-order valence-electron chi connectivity index (χ1n) is 7.68. The fraction of sp³-hybridized carbons (Fsp3) is 0.294. The smallest absolute Gasteiger partial charge is 0.379 e. The molecule has 2 heterocycles. The molecule has 0 aromatic carbocycles. The van der Waals surface area contributed by atoms with Crippen LogP contribution in [0.4, 0.5) is 13.2 Å². The minimum atomic E-state index is -4.54. The van der Waals surface area contributed by atoms with Crippen LogP contribution in [0.5, 0.6) is 0 Å². The van der Waals surface area contributed by atoms with Crippen molar-refractivity contribution in [3.05, 3.63) is 55.8 Å². The lowest BCUT2D eigenvalue weighted by atomic mass is 9.83. The summed E-state index contributed by atoms with van der Waals surface area (Å²) in [7, 11) is 0. The third kappa shape index (κ3) is 3.86. The standard InChI is InChI=1S/C17H13F3N2OS4/c1-8-21-12(17(18,19)20)5-14(25)22(8)6-10-3-9-4-13(24)16(2,23)15(26)11(9)7-27-10/h3-5,7,23H,6H2,1-2H3. The molecule has 0 amide bonds. The molecular formula is C17H13F3N2OS4. The number of fused-ring (bicyclic) bond motifs is 1. The first-order chi connectivity index (χ1) is 12.4. The second kappa shape index (κ2) is 7.00. The number of hydrogen-bond donors (Lipinski definition) is 1. The van der Waals surface area contributed by atoms with Gasteiger partial charge in [0.05, 0.1) is 16.3 Å². The molecule has 3 nitrogen and oxygen atoms in total. The molecule has 1 aliphatic carbocycles. The summed E-state index contributed by atoms with van der Waals surface area (Å²) in [6.07, 6.45) is -0.996. The molecule has 0 saturated carbocycles. The topological polar surface area (TPSA) is 38.0 Å². The van der Waals surface area contributed by atoms with Gasteiger partial charge in [0.25, 0.3) is 0 Å². The third-order valence-corrected chi connectivity index (χ3v) is 6.59. The molecule has 1 aromatic heterocycles. The summed E-state index contributed by atoms with van der Waals surface area (Å²) in [6, 6.07) is 0.860. The summed E-state index contributed by atoms with van der Waals surface area (Å²) in [5, 5.41) is 12.2. The number of alkyl halides is 3. The van der Waals surface area contributed by atoms with Gasteiger partial charge >= 0.3 is 6.18 Å². The second-order valence-electron chi connectivity index (χ2n) is 6.24. The van der Waals surface area contributed by atoms with Gasteiger partial charge < -0.3 is 9.67 Å². The summed E-state index contributed by atoms with van der Waals surface area (Å²) in [4.78, 5) is 5.15. The van der Waals surface area contributed by atoms with Crippen LogP contribution in [0.1, 0.15) is 18.4 Å². The van der Waals surface area contributed by atoms with Crippen LogP contribution >= 0.6 is 48.4 Å².